The average molecular weight is 487 g/mol. The van der Waals surface area contributed by atoms with Crippen LogP contribution in [0.3, 0.4) is 0 Å². The van der Waals surface area contributed by atoms with Gasteiger partial charge in [0.05, 0.1) is 30.2 Å². The van der Waals surface area contributed by atoms with Crippen LogP contribution in [0.25, 0.3) is 0 Å². The van der Waals surface area contributed by atoms with Gasteiger partial charge in [-0.15, -0.1) is 0 Å². The van der Waals surface area contributed by atoms with Crippen molar-refractivity contribution < 1.29 is 27.5 Å². The second-order valence-corrected chi connectivity index (χ2v) is 10.7. The number of esters is 1. The first kappa shape index (κ1) is 24.4. The number of hydrogen-bond acceptors (Lipinski definition) is 6. The first-order chi connectivity index (χ1) is 16.3. The Hall–Kier alpha value is -2.75. The fourth-order valence-corrected chi connectivity index (χ4v) is 6.34. The standard InChI is InChI=1S/C25H30N2O6S/c1-18-16-26(17-22(33-18)19-8-4-3-5-9-19)24(28)20-12-14-27(15-13-20)34(30,31)23-11-7-6-10-21(23)25(29)32-2/h3-11,18,20,22H,12-17H2,1-2H3. The first-order valence-electron chi connectivity index (χ1n) is 11.5. The molecule has 2 aromatic rings. The molecule has 2 aromatic carbocycles. The third-order valence-electron chi connectivity index (χ3n) is 6.46. The van der Waals surface area contributed by atoms with E-state index >= 15 is 0 Å². The van der Waals surface area contributed by atoms with Crippen LogP contribution in [0.15, 0.2) is 59.5 Å². The smallest absolute Gasteiger partial charge is 0.339 e. The highest BCUT2D eigenvalue weighted by Crippen LogP contribution is 2.30. The molecule has 8 nitrogen and oxygen atoms in total. The molecule has 1 amide bonds. The first-order valence-corrected chi connectivity index (χ1v) is 12.9. The zero-order chi connectivity index (χ0) is 24.3. The summed E-state index contributed by atoms with van der Waals surface area (Å²) >= 11 is 0. The molecule has 0 aromatic heterocycles. The van der Waals surface area contributed by atoms with Crippen LogP contribution in [-0.4, -0.2) is 68.9 Å². The van der Waals surface area contributed by atoms with Crippen LogP contribution in [0.2, 0.25) is 0 Å². The Bertz CT molecular complexity index is 1130. The minimum atomic E-state index is -3.89. The van der Waals surface area contributed by atoms with E-state index in [0.29, 0.717) is 25.9 Å². The van der Waals surface area contributed by atoms with Gasteiger partial charge in [0, 0.05) is 25.6 Å². The number of nitrogens with zero attached hydrogens (tertiary/aromatic N) is 2. The maximum atomic E-state index is 13.3. The molecule has 2 aliphatic rings. The van der Waals surface area contributed by atoms with Crippen molar-refractivity contribution in [3.63, 3.8) is 0 Å². The van der Waals surface area contributed by atoms with Crippen molar-refractivity contribution in [3.8, 4) is 0 Å². The lowest BCUT2D eigenvalue weighted by molar-refractivity contribution is -0.150. The lowest BCUT2D eigenvalue weighted by Gasteiger charge is -2.40. The van der Waals surface area contributed by atoms with Crippen molar-refractivity contribution in [3.05, 3.63) is 65.7 Å². The molecule has 2 unspecified atom stereocenters. The molecule has 2 saturated heterocycles. The summed E-state index contributed by atoms with van der Waals surface area (Å²) in [5.74, 6) is -0.897. The van der Waals surface area contributed by atoms with E-state index in [1.807, 2.05) is 42.2 Å². The van der Waals surface area contributed by atoms with Crippen LogP contribution in [0.4, 0.5) is 0 Å². The van der Waals surface area contributed by atoms with E-state index in [-0.39, 0.29) is 47.6 Å². The van der Waals surface area contributed by atoms with Gasteiger partial charge in [0.25, 0.3) is 0 Å². The molecule has 9 heteroatoms. The predicted octanol–water partition coefficient (Wildman–Crippen LogP) is 2.86. The largest absolute Gasteiger partial charge is 0.465 e. The highest BCUT2D eigenvalue weighted by molar-refractivity contribution is 7.89. The molecule has 0 radical (unpaired) electrons. The van der Waals surface area contributed by atoms with E-state index in [4.69, 9.17) is 9.47 Å². The van der Waals surface area contributed by atoms with Gasteiger partial charge < -0.3 is 14.4 Å². The van der Waals surface area contributed by atoms with Gasteiger partial charge in [-0.25, -0.2) is 13.2 Å². The molecule has 2 atom stereocenters. The normalized spacial score (nSPS) is 22.4. The third kappa shape index (κ3) is 5.01. The number of benzene rings is 2. The highest BCUT2D eigenvalue weighted by atomic mass is 32.2. The second kappa shape index (κ2) is 10.2. The maximum absolute atomic E-state index is 13.3. The van der Waals surface area contributed by atoms with Crippen molar-refractivity contribution in [1.29, 1.82) is 0 Å². The molecule has 2 aliphatic heterocycles. The van der Waals surface area contributed by atoms with Gasteiger partial charge in [-0.3, -0.25) is 4.79 Å². The SMILES string of the molecule is COC(=O)c1ccccc1S(=O)(=O)N1CCC(C(=O)N2CC(C)OC(c3ccccc3)C2)CC1. The molecule has 2 fully saturated rings. The molecular weight excluding hydrogens is 456 g/mol. The second-order valence-electron chi connectivity index (χ2n) is 8.76. The third-order valence-corrected chi connectivity index (χ3v) is 8.41. The van der Waals surface area contributed by atoms with E-state index in [1.54, 1.807) is 12.1 Å². The van der Waals surface area contributed by atoms with Crippen LogP contribution in [-0.2, 0) is 24.3 Å². The summed E-state index contributed by atoms with van der Waals surface area (Å²) in [4.78, 5) is 27.2. The fraction of sp³-hybridized carbons (Fsp3) is 0.440. The lowest BCUT2D eigenvalue weighted by Crippen LogP contribution is -2.50. The highest BCUT2D eigenvalue weighted by Gasteiger charge is 2.37. The molecule has 0 bridgehead atoms. The van der Waals surface area contributed by atoms with Crippen molar-refractivity contribution in [1.82, 2.24) is 9.21 Å². The maximum Gasteiger partial charge on any atom is 0.339 e. The molecule has 0 N–H and O–H groups in total. The Balaban J connectivity index is 1.43. The van der Waals surface area contributed by atoms with Crippen LogP contribution in [0, 0.1) is 5.92 Å². The van der Waals surface area contributed by atoms with Crippen molar-refractivity contribution in [2.45, 2.75) is 36.9 Å². The number of hydrogen-bond donors (Lipinski definition) is 0. The number of amides is 1. The van der Waals surface area contributed by atoms with Gasteiger partial charge in [-0.1, -0.05) is 42.5 Å². The molecule has 2 heterocycles. The van der Waals surface area contributed by atoms with E-state index in [0.717, 1.165) is 5.56 Å². The molecule has 0 aliphatic carbocycles. The van der Waals surface area contributed by atoms with E-state index in [2.05, 4.69) is 0 Å². The number of methoxy groups -OCH3 is 1. The zero-order valence-electron chi connectivity index (χ0n) is 19.4. The monoisotopic (exact) mass is 486 g/mol. The van der Waals surface area contributed by atoms with Crippen LogP contribution in [0.5, 0.6) is 0 Å². The molecule has 4 rings (SSSR count). The van der Waals surface area contributed by atoms with E-state index < -0.39 is 16.0 Å². The summed E-state index contributed by atoms with van der Waals surface area (Å²) in [6.45, 7) is 3.40. The van der Waals surface area contributed by atoms with Crippen LogP contribution >= 0.6 is 0 Å². The van der Waals surface area contributed by atoms with Gasteiger partial charge in [0.15, 0.2) is 0 Å². The molecule has 0 saturated carbocycles. The summed E-state index contributed by atoms with van der Waals surface area (Å²) in [7, 11) is -2.67. The number of piperidine rings is 1. The van der Waals surface area contributed by atoms with Gasteiger partial charge in [-0.05, 0) is 37.5 Å². The minimum absolute atomic E-state index is 0.0115. The van der Waals surface area contributed by atoms with Gasteiger partial charge in [0.1, 0.15) is 6.10 Å². The number of sulfonamides is 1. The van der Waals surface area contributed by atoms with Crippen molar-refractivity contribution >= 4 is 21.9 Å². The van der Waals surface area contributed by atoms with Gasteiger partial charge in [-0.2, -0.15) is 4.31 Å². The fourth-order valence-electron chi connectivity index (χ4n) is 4.69. The van der Waals surface area contributed by atoms with Gasteiger partial charge >= 0.3 is 5.97 Å². The van der Waals surface area contributed by atoms with Crippen molar-refractivity contribution in [2.24, 2.45) is 5.92 Å². The molecule has 182 valence electrons. The number of ether oxygens (including phenoxy) is 2. The summed E-state index contributed by atoms with van der Waals surface area (Å²) < 4.78 is 38.7. The summed E-state index contributed by atoms with van der Waals surface area (Å²) in [5.41, 5.74) is 1.05. The number of morpholine rings is 1. The van der Waals surface area contributed by atoms with Crippen molar-refractivity contribution in [2.75, 3.05) is 33.3 Å². The Morgan fingerprint density at radius 1 is 0.971 bits per heavy atom. The average Bonchev–Trinajstić information content (AvgIpc) is 2.88. The number of carbonyl (C=O) groups is 2. The van der Waals surface area contributed by atoms with E-state index in [9.17, 15) is 18.0 Å². The number of carbonyl (C=O) groups excluding carboxylic acids is 2. The molecule has 0 spiro atoms. The topological polar surface area (TPSA) is 93.2 Å². The predicted molar refractivity (Wildman–Crippen MR) is 126 cm³/mol. The van der Waals surface area contributed by atoms with Gasteiger partial charge in [0.2, 0.25) is 15.9 Å². The molecular formula is C25H30N2O6S. The number of rotatable bonds is 5. The summed E-state index contributed by atoms with van der Waals surface area (Å²) in [5, 5.41) is 0. The Labute approximate surface area is 200 Å². The zero-order valence-corrected chi connectivity index (χ0v) is 20.2. The summed E-state index contributed by atoms with van der Waals surface area (Å²) in [6, 6.07) is 15.9. The quantitative estimate of drug-likeness (QED) is 0.604. The Morgan fingerprint density at radius 2 is 1.62 bits per heavy atom. The van der Waals surface area contributed by atoms with E-state index in [1.165, 1.54) is 23.5 Å². The Morgan fingerprint density at radius 3 is 2.29 bits per heavy atom. The lowest BCUT2D eigenvalue weighted by atomic mass is 9.95. The molecule has 34 heavy (non-hydrogen) atoms. The Kier molecular flexibility index (Phi) is 7.35. The van der Waals surface area contributed by atoms with Crippen LogP contribution < -0.4 is 0 Å². The van der Waals surface area contributed by atoms with Crippen LogP contribution in [0.1, 0.15) is 41.8 Å². The summed E-state index contributed by atoms with van der Waals surface area (Å²) in [6.07, 6.45) is 0.600. The minimum Gasteiger partial charge on any atom is -0.465 e.